The minimum absolute atomic E-state index is 0. The van der Waals surface area contributed by atoms with Gasteiger partial charge in [-0.1, -0.05) is 0 Å². The fraction of sp³-hybridized carbons (Fsp3) is 0. The summed E-state index contributed by atoms with van der Waals surface area (Å²) in [5.41, 5.74) is 0. The zero-order valence-corrected chi connectivity index (χ0v) is 4.94. The maximum absolute atomic E-state index is 6.92. The van der Waals surface area contributed by atoms with Gasteiger partial charge in [0.05, 0.1) is 0 Å². The third kappa shape index (κ3) is 54.9. The van der Waals surface area contributed by atoms with Crippen LogP contribution in [-0.4, -0.2) is 18.2 Å². The smallest absolute Gasteiger partial charge is 0 e. The number of rotatable bonds is 0. The fourth-order valence-corrected chi connectivity index (χ4v) is 0. The third-order valence-corrected chi connectivity index (χ3v) is 0. The molecule has 5 heteroatoms. The predicted octanol–water partition coefficient (Wildman–Crippen LogP) is -0.843. The van der Waals surface area contributed by atoms with Gasteiger partial charge in [0.1, 0.15) is 0 Å². The van der Waals surface area contributed by atoms with E-state index in [2.05, 4.69) is 0 Å². The Morgan fingerprint density at radius 2 is 0.800 bits per heavy atom. The number of hydrogen-bond donors (Lipinski definition) is 2. The standard InChI is InChI=1S/B.2H3OP/c;2*1-2/h;2*1H,2H2. The summed E-state index contributed by atoms with van der Waals surface area (Å²) in [5.74, 6) is 0. The lowest BCUT2D eigenvalue weighted by Crippen LogP contribution is -0.868. The second kappa shape index (κ2) is 100. The highest BCUT2D eigenvalue weighted by Gasteiger charge is 0.827. The Kier molecular flexibility index (Phi) is 340. The van der Waals surface area contributed by atoms with Crippen molar-refractivity contribution in [1.29, 1.82) is 0 Å². The van der Waals surface area contributed by atoms with E-state index < -0.39 is 0 Å². The molecule has 0 spiro atoms. The van der Waals surface area contributed by atoms with Crippen LogP contribution in [0.25, 0.3) is 0 Å². The Balaban J connectivity index is -0.0000000133. The quantitative estimate of drug-likeness (QED) is 0.316. The van der Waals surface area contributed by atoms with E-state index in [0.29, 0.717) is 0 Å². The maximum atomic E-state index is 6.92. The molecule has 0 rings (SSSR count). The van der Waals surface area contributed by atoms with Crippen LogP contribution in [-0.2, 0) is 0 Å². The van der Waals surface area contributed by atoms with E-state index in [4.69, 9.17) is 9.79 Å². The molecule has 3 radical (unpaired) electrons. The first kappa shape index (κ1) is 17.0. The van der Waals surface area contributed by atoms with Crippen molar-refractivity contribution < 1.29 is 9.79 Å². The number of hydrogen-bond acceptors (Lipinski definition) is 2. The molecule has 0 aromatic carbocycles. The van der Waals surface area contributed by atoms with Crippen LogP contribution < -0.4 is 0 Å². The normalized spacial score (nSPS) is 2.40. The largest absolute Gasteiger partial charge is 0.380 e. The van der Waals surface area contributed by atoms with E-state index in [0.717, 1.165) is 0 Å². The van der Waals surface area contributed by atoms with Crippen molar-refractivity contribution in [1.82, 2.24) is 0 Å². The molecule has 0 aliphatic carbocycles. The van der Waals surface area contributed by atoms with Gasteiger partial charge in [-0.15, -0.1) is 0 Å². The van der Waals surface area contributed by atoms with Crippen molar-refractivity contribution in [2.24, 2.45) is 0 Å². The van der Waals surface area contributed by atoms with Gasteiger partial charge in [0, 0.05) is 8.41 Å². The molecule has 0 aromatic rings. The third-order valence-electron chi connectivity index (χ3n) is 0. The molecule has 0 amide bonds. The van der Waals surface area contributed by atoms with Crippen LogP contribution in [0, 0.1) is 0 Å². The molecule has 0 saturated carbocycles. The molecule has 0 bridgehead atoms. The van der Waals surface area contributed by atoms with E-state index in [1.807, 2.05) is 0 Å². The Labute approximate surface area is 38.1 Å². The zero-order chi connectivity index (χ0) is 4.00. The first-order valence-corrected chi connectivity index (χ1v) is 1.55. The lowest BCUT2D eigenvalue weighted by Gasteiger charge is -1.21. The molecule has 0 aliphatic rings. The Hall–Kier alpha value is 0.845. The molecule has 2 nitrogen and oxygen atoms in total. The Morgan fingerprint density at radius 3 is 0.800 bits per heavy atom. The summed E-state index contributed by atoms with van der Waals surface area (Å²) in [6, 6.07) is 0. The van der Waals surface area contributed by atoms with Crippen LogP contribution in [0.3, 0.4) is 0 Å². The Bertz CT molecular complexity index is 7.61. The van der Waals surface area contributed by atoms with Crippen molar-refractivity contribution in [3.63, 3.8) is 0 Å². The average Bonchev–Trinajstić information content (AvgIpc) is 1.50. The van der Waals surface area contributed by atoms with Crippen molar-refractivity contribution in [3.05, 3.63) is 0 Å². The highest BCUT2D eigenvalue weighted by atomic mass is 31.0. The molecule has 0 aliphatic heterocycles. The second-order valence-corrected chi connectivity index (χ2v) is 0. The van der Waals surface area contributed by atoms with Gasteiger partial charge in [-0.05, 0) is 18.9 Å². The van der Waals surface area contributed by atoms with Crippen LogP contribution >= 0.6 is 18.9 Å². The highest BCUT2D eigenvalue weighted by Crippen LogP contribution is 1.44. The fourth-order valence-electron chi connectivity index (χ4n) is 0. The van der Waals surface area contributed by atoms with Crippen LogP contribution in [0.15, 0.2) is 0 Å². The minimum atomic E-state index is 0. The summed E-state index contributed by atoms with van der Waals surface area (Å²) < 4.78 is 0. The van der Waals surface area contributed by atoms with E-state index in [1.54, 1.807) is 0 Å². The molecular weight excluding hydrogens is 105 g/mol. The lowest BCUT2D eigenvalue weighted by atomic mass is 10.8. The van der Waals surface area contributed by atoms with Gasteiger partial charge in [-0.2, -0.15) is 0 Å². The molecular formula is H6BO2P2. The van der Waals surface area contributed by atoms with Gasteiger partial charge in [-0.3, -0.25) is 0 Å². The summed E-state index contributed by atoms with van der Waals surface area (Å²) in [6.45, 7) is 0. The molecule has 2 unspecified atom stereocenters. The molecule has 5 heavy (non-hydrogen) atoms. The van der Waals surface area contributed by atoms with E-state index in [-0.39, 0.29) is 8.41 Å². The molecule has 0 saturated heterocycles. The van der Waals surface area contributed by atoms with Crippen LogP contribution in [0.1, 0.15) is 0 Å². The lowest BCUT2D eigenvalue weighted by molar-refractivity contribution is 0.663. The van der Waals surface area contributed by atoms with Gasteiger partial charge in [0.15, 0.2) is 0 Å². The van der Waals surface area contributed by atoms with E-state index >= 15 is 0 Å². The topological polar surface area (TPSA) is 40.5 Å². The maximum Gasteiger partial charge on any atom is 0 e. The summed E-state index contributed by atoms with van der Waals surface area (Å²) in [4.78, 5) is 13.8. The van der Waals surface area contributed by atoms with Crippen LogP contribution in [0.4, 0.5) is 0 Å². The summed E-state index contributed by atoms with van der Waals surface area (Å²) >= 11 is 0. The summed E-state index contributed by atoms with van der Waals surface area (Å²) in [7, 11) is 2.83. The monoisotopic (exact) mass is 111 g/mol. The van der Waals surface area contributed by atoms with E-state index in [9.17, 15) is 0 Å². The minimum Gasteiger partial charge on any atom is -0.380 e. The second-order valence-electron chi connectivity index (χ2n) is 0. The highest BCUT2D eigenvalue weighted by molar-refractivity contribution is 7.08. The molecule has 2 atom stereocenters. The van der Waals surface area contributed by atoms with Gasteiger partial charge in [0.2, 0.25) is 0 Å². The zero-order valence-electron chi connectivity index (χ0n) is 2.63. The average molecular weight is 111 g/mol. The molecule has 0 fully saturated rings. The first-order valence-electron chi connectivity index (χ1n) is 0.516. The van der Waals surface area contributed by atoms with Crippen molar-refractivity contribution in [2.45, 2.75) is 0 Å². The van der Waals surface area contributed by atoms with Crippen LogP contribution in [0.5, 0.6) is 0 Å². The van der Waals surface area contributed by atoms with Crippen LogP contribution in [0.2, 0.25) is 0 Å². The van der Waals surface area contributed by atoms with Crippen molar-refractivity contribution in [2.75, 3.05) is 0 Å². The molecule has 2 N–H and O–H groups in total. The molecule has 0 heterocycles. The van der Waals surface area contributed by atoms with Gasteiger partial charge in [0.25, 0.3) is 0 Å². The van der Waals surface area contributed by atoms with Crippen molar-refractivity contribution >= 4 is 27.3 Å². The van der Waals surface area contributed by atoms with Gasteiger partial charge < -0.3 is 9.79 Å². The molecule has 31 valence electrons. The van der Waals surface area contributed by atoms with Gasteiger partial charge >= 0.3 is 0 Å². The first-order chi connectivity index (χ1) is 2.00. The van der Waals surface area contributed by atoms with Gasteiger partial charge in [-0.25, -0.2) is 0 Å². The van der Waals surface area contributed by atoms with E-state index in [1.165, 1.54) is 18.9 Å². The molecule has 0 aromatic heterocycles. The SMILES string of the molecule is OP.OP.[B]. The summed E-state index contributed by atoms with van der Waals surface area (Å²) in [5, 5.41) is 0. The summed E-state index contributed by atoms with van der Waals surface area (Å²) in [6.07, 6.45) is 0. The van der Waals surface area contributed by atoms with Crippen molar-refractivity contribution in [3.8, 4) is 0 Å². The Morgan fingerprint density at radius 1 is 0.800 bits per heavy atom. The predicted molar refractivity (Wildman–Crippen MR) is 29.6 cm³/mol.